The molecule has 1 aromatic rings. The van der Waals surface area contributed by atoms with E-state index in [0.717, 1.165) is 26.2 Å². The summed E-state index contributed by atoms with van der Waals surface area (Å²) in [5, 5.41) is 0.210. The summed E-state index contributed by atoms with van der Waals surface area (Å²) in [4.78, 5) is 16.0. The van der Waals surface area contributed by atoms with E-state index in [4.69, 9.17) is 0 Å². The third-order valence-corrected chi connectivity index (χ3v) is 3.93. The van der Waals surface area contributed by atoms with Crippen LogP contribution in [0.3, 0.4) is 0 Å². The first-order valence-corrected chi connectivity index (χ1v) is 7.39. The molecule has 4 heteroatoms. The number of carbonyl (C=O) groups excluding carboxylic acids is 1. The van der Waals surface area contributed by atoms with Crippen molar-refractivity contribution in [1.82, 2.24) is 4.90 Å². The fourth-order valence-electron chi connectivity index (χ4n) is 2.50. The van der Waals surface area contributed by atoms with Crippen molar-refractivity contribution in [1.29, 1.82) is 0 Å². The highest BCUT2D eigenvalue weighted by molar-refractivity contribution is 7.81. The lowest BCUT2D eigenvalue weighted by Crippen LogP contribution is -2.36. The Balaban J connectivity index is 1.95. The molecule has 0 bridgehead atoms. The second-order valence-corrected chi connectivity index (χ2v) is 5.85. The highest BCUT2D eigenvalue weighted by Gasteiger charge is 2.26. The lowest BCUT2D eigenvalue weighted by atomic mass is 10.2. The molecular weight excluding hydrogens is 256 g/mol. The SMILES string of the molecule is CCN(CCN1CC(S)CC1=O)c1cccc(C)c1. The Hall–Kier alpha value is -1.16. The van der Waals surface area contributed by atoms with Crippen molar-refractivity contribution < 1.29 is 4.79 Å². The molecule has 1 unspecified atom stereocenters. The first-order valence-electron chi connectivity index (χ1n) is 6.87. The van der Waals surface area contributed by atoms with E-state index in [1.54, 1.807) is 0 Å². The molecule has 0 aliphatic carbocycles. The molecule has 0 N–H and O–H groups in total. The Labute approximate surface area is 121 Å². The largest absolute Gasteiger partial charge is 0.370 e. The Bertz CT molecular complexity index is 450. The summed E-state index contributed by atoms with van der Waals surface area (Å²) >= 11 is 4.39. The van der Waals surface area contributed by atoms with Gasteiger partial charge in [0.05, 0.1) is 0 Å². The number of thiol groups is 1. The third kappa shape index (κ3) is 3.66. The molecule has 1 saturated heterocycles. The minimum atomic E-state index is 0.210. The fraction of sp³-hybridized carbons (Fsp3) is 0.533. The summed E-state index contributed by atoms with van der Waals surface area (Å²) < 4.78 is 0. The van der Waals surface area contributed by atoms with Crippen LogP contribution in [0.1, 0.15) is 18.9 Å². The van der Waals surface area contributed by atoms with Crippen LogP contribution in [-0.2, 0) is 4.79 Å². The van der Waals surface area contributed by atoms with Gasteiger partial charge < -0.3 is 9.80 Å². The average molecular weight is 278 g/mol. The number of likely N-dealkylation sites (tertiary alicyclic amines) is 1. The van der Waals surface area contributed by atoms with Gasteiger partial charge >= 0.3 is 0 Å². The number of nitrogens with zero attached hydrogens (tertiary/aromatic N) is 2. The normalized spacial score (nSPS) is 19.0. The molecule has 1 aliphatic heterocycles. The standard InChI is InChI=1S/C15H22N2OS/c1-3-16(13-6-4-5-12(2)9-13)7-8-17-11-14(19)10-15(17)18/h4-6,9,14,19H,3,7-8,10-11H2,1-2H3. The third-order valence-electron chi connectivity index (χ3n) is 3.58. The monoisotopic (exact) mass is 278 g/mol. The van der Waals surface area contributed by atoms with Crippen molar-refractivity contribution in [3.8, 4) is 0 Å². The molecule has 1 atom stereocenters. The maximum absolute atomic E-state index is 11.7. The van der Waals surface area contributed by atoms with Crippen molar-refractivity contribution >= 4 is 24.2 Å². The van der Waals surface area contributed by atoms with Crippen LogP contribution in [0.5, 0.6) is 0 Å². The van der Waals surface area contributed by atoms with E-state index in [2.05, 4.69) is 55.6 Å². The predicted octanol–water partition coefficient (Wildman–Crippen LogP) is 2.35. The van der Waals surface area contributed by atoms with Crippen LogP contribution < -0.4 is 4.90 Å². The van der Waals surface area contributed by atoms with E-state index >= 15 is 0 Å². The first-order chi connectivity index (χ1) is 9.10. The Morgan fingerprint density at radius 2 is 2.26 bits per heavy atom. The summed E-state index contributed by atoms with van der Waals surface area (Å²) in [7, 11) is 0. The molecule has 1 amide bonds. The molecule has 19 heavy (non-hydrogen) atoms. The Morgan fingerprint density at radius 1 is 1.47 bits per heavy atom. The van der Waals surface area contributed by atoms with Crippen LogP contribution in [-0.4, -0.2) is 42.2 Å². The molecule has 1 heterocycles. The van der Waals surface area contributed by atoms with Gasteiger partial charge in [0.2, 0.25) is 5.91 Å². The summed E-state index contributed by atoms with van der Waals surface area (Å²) in [5.74, 6) is 0.236. The van der Waals surface area contributed by atoms with Gasteiger partial charge in [-0.25, -0.2) is 0 Å². The van der Waals surface area contributed by atoms with E-state index in [1.165, 1.54) is 11.3 Å². The molecular formula is C15H22N2OS. The number of likely N-dealkylation sites (N-methyl/N-ethyl adjacent to an activating group) is 1. The molecule has 104 valence electrons. The molecule has 0 aromatic heterocycles. The van der Waals surface area contributed by atoms with Crippen molar-refractivity contribution in [2.45, 2.75) is 25.5 Å². The molecule has 0 saturated carbocycles. The number of carbonyl (C=O) groups is 1. The minimum Gasteiger partial charge on any atom is -0.370 e. The van der Waals surface area contributed by atoms with Gasteiger partial charge in [-0.15, -0.1) is 0 Å². The lowest BCUT2D eigenvalue weighted by molar-refractivity contribution is -0.127. The number of hydrogen-bond donors (Lipinski definition) is 1. The zero-order valence-electron chi connectivity index (χ0n) is 11.7. The van der Waals surface area contributed by atoms with Gasteiger partial charge in [0.25, 0.3) is 0 Å². The second kappa shape index (κ2) is 6.33. The van der Waals surface area contributed by atoms with Crippen LogP contribution in [0.2, 0.25) is 0 Å². The van der Waals surface area contributed by atoms with Crippen LogP contribution in [0, 0.1) is 6.92 Å². The second-order valence-electron chi connectivity index (χ2n) is 5.12. The fourth-order valence-corrected chi connectivity index (χ4v) is 2.86. The Morgan fingerprint density at radius 3 is 2.84 bits per heavy atom. The molecule has 1 fully saturated rings. The zero-order valence-corrected chi connectivity index (χ0v) is 12.6. The maximum atomic E-state index is 11.7. The number of hydrogen-bond acceptors (Lipinski definition) is 3. The molecule has 0 radical (unpaired) electrons. The van der Waals surface area contributed by atoms with Gasteiger partial charge in [0, 0.05) is 43.5 Å². The van der Waals surface area contributed by atoms with E-state index in [1.807, 2.05) is 4.90 Å². The number of rotatable bonds is 5. The van der Waals surface area contributed by atoms with E-state index in [9.17, 15) is 4.79 Å². The Kier molecular flexibility index (Phi) is 4.75. The molecule has 2 rings (SSSR count). The number of aryl methyl sites for hydroxylation is 1. The van der Waals surface area contributed by atoms with Crippen molar-refractivity contribution in [2.24, 2.45) is 0 Å². The van der Waals surface area contributed by atoms with Gasteiger partial charge in [-0.2, -0.15) is 12.6 Å². The van der Waals surface area contributed by atoms with Gasteiger partial charge in [0.1, 0.15) is 0 Å². The highest BCUT2D eigenvalue weighted by Crippen LogP contribution is 2.18. The van der Waals surface area contributed by atoms with Crippen LogP contribution >= 0.6 is 12.6 Å². The van der Waals surface area contributed by atoms with Gasteiger partial charge in [-0.05, 0) is 31.5 Å². The van der Waals surface area contributed by atoms with E-state index < -0.39 is 0 Å². The molecule has 1 aromatic carbocycles. The van der Waals surface area contributed by atoms with E-state index in [-0.39, 0.29) is 11.2 Å². The average Bonchev–Trinajstić information content (AvgIpc) is 2.69. The first kappa shape index (κ1) is 14.3. The quantitative estimate of drug-likeness (QED) is 0.836. The summed E-state index contributed by atoms with van der Waals surface area (Å²) in [6.07, 6.45) is 0.583. The van der Waals surface area contributed by atoms with Crippen molar-refractivity contribution in [2.75, 3.05) is 31.1 Å². The van der Waals surface area contributed by atoms with Gasteiger partial charge in [0.15, 0.2) is 0 Å². The van der Waals surface area contributed by atoms with E-state index in [0.29, 0.717) is 6.42 Å². The van der Waals surface area contributed by atoms with Crippen molar-refractivity contribution in [3.63, 3.8) is 0 Å². The summed E-state index contributed by atoms with van der Waals surface area (Å²) in [6, 6.07) is 8.51. The van der Waals surface area contributed by atoms with Crippen molar-refractivity contribution in [3.05, 3.63) is 29.8 Å². The smallest absolute Gasteiger partial charge is 0.223 e. The molecule has 1 aliphatic rings. The molecule has 3 nitrogen and oxygen atoms in total. The summed E-state index contributed by atoms with van der Waals surface area (Å²) in [6.45, 7) is 7.66. The zero-order chi connectivity index (χ0) is 13.8. The number of anilines is 1. The van der Waals surface area contributed by atoms with Gasteiger partial charge in [-0.3, -0.25) is 4.79 Å². The number of amides is 1. The van der Waals surface area contributed by atoms with Gasteiger partial charge in [-0.1, -0.05) is 12.1 Å². The van der Waals surface area contributed by atoms with Crippen LogP contribution in [0.25, 0.3) is 0 Å². The van der Waals surface area contributed by atoms with Crippen LogP contribution in [0.15, 0.2) is 24.3 Å². The highest BCUT2D eigenvalue weighted by atomic mass is 32.1. The predicted molar refractivity (Wildman–Crippen MR) is 83.0 cm³/mol. The molecule has 0 spiro atoms. The summed E-state index contributed by atoms with van der Waals surface area (Å²) in [5.41, 5.74) is 2.50. The minimum absolute atomic E-state index is 0.210. The maximum Gasteiger partial charge on any atom is 0.223 e. The number of benzene rings is 1. The lowest BCUT2D eigenvalue weighted by Gasteiger charge is -2.26. The topological polar surface area (TPSA) is 23.6 Å². The van der Waals surface area contributed by atoms with Crippen LogP contribution in [0.4, 0.5) is 5.69 Å².